The topological polar surface area (TPSA) is 35.0 Å². The quantitative estimate of drug-likeness (QED) is 0.828. The molecular formula is C11H15BrN2O. The molecule has 0 amide bonds. The van der Waals surface area contributed by atoms with Crippen LogP contribution in [0.2, 0.25) is 0 Å². The van der Waals surface area contributed by atoms with E-state index in [2.05, 4.69) is 32.8 Å². The molecule has 3 nitrogen and oxygen atoms in total. The smallest absolute Gasteiger partial charge is 0.232 e. The average Bonchev–Trinajstić information content (AvgIpc) is 2.22. The summed E-state index contributed by atoms with van der Waals surface area (Å²) < 4.78 is 6.53. The number of hydrogen-bond acceptors (Lipinski definition) is 3. The summed E-state index contributed by atoms with van der Waals surface area (Å²) in [7, 11) is 0. The van der Waals surface area contributed by atoms with Crippen molar-refractivity contribution in [2.75, 3.05) is 0 Å². The van der Waals surface area contributed by atoms with Gasteiger partial charge in [0.15, 0.2) is 0 Å². The second-order valence-electron chi connectivity index (χ2n) is 4.19. The van der Waals surface area contributed by atoms with E-state index in [4.69, 9.17) is 4.74 Å². The molecule has 1 aliphatic carbocycles. The van der Waals surface area contributed by atoms with E-state index in [1.807, 2.05) is 0 Å². The Labute approximate surface area is 98.4 Å². The molecule has 2 atom stereocenters. The summed E-state index contributed by atoms with van der Waals surface area (Å²) in [5.74, 6) is 1.41. The van der Waals surface area contributed by atoms with Crippen LogP contribution in [0.1, 0.15) is 32.6 Å². The van der Waals surface area contributed by atoms with Crippen molar-refractivity contribution in [3.63, 3.8) is 0 Å². The van der Waals surface area contributed by atoms with Crippen LogP contribution in [0.4, 0.5) is 0 Å². The van der Waals surface area contributed by atoms with Gasteiger partial charge in [-0.25, -0.2) is 9.97 Å². The highest BCUT2D eigenvalue weighted by Gasteiger charge is 2.20. The number of ether oxygens (including phenoxy) is 1. The van der Waals surface area contributed by atoms with Crippen LogP contribution in [-0.2, 0) is 0 Å². The minimum atomic E-state index is 0.323. The van der Waals surface area contributed by atoms with Crippen molar-refractivity contribution in [2.45, 2.75) is 38.7 Å². The number of hydrogen-bond donors (Lipinski definition) is 0. The maximum Gasteiger partial charge on any atom is 0.232 e. The minimum absolute atomic E-state index is 0.323. The van der Waals surface area contributed by atoms with Gasteiger partial charge in [-0.15, -0.1) is 0 Å². The van der Waals surface area contributed by atoms with Crippen molar-refractivity contribution >= 4 is 15.9 Å². The summed E-state index contributed by atoms with van der Waals surface area (Å²) in [6.45, 7) is 2.28. The van der Waals surface area contributed by atoms with Crippen LogP contribution in [-0.4, -0.2) is 16.1 Å². The Hall–Kier alpha value is -0.640. The predicted octanol–water partition coefficient (Wildman–Crippen LogP) is 3.20. The third kappa shape index (κ3) is 3.16. The van der Waals surface area contributed by atoms with Crippen molar-refractivity contribution in [1.29, 1.82) is 0 Å². The fourth-order valence-corrected chi connectivity index (χ4v) is 2.22. The Morgan fingerprint density at radius 2 is 2.20 bits per heavy atom. The number of halogens is 1. The van der Waals surface area contributed by atoms with Crippen molar-refractivity contribution in [3.8, 4) is 5.88 Å². The first-order valence-corrected chi connectivity index (χ1v) is 6.17. The van der Waals surface area contributed by atoms with Gasteiger partial charge >= 0.3 is 0 Å². The molecule has 0 bridgehead atoms. The lowest BCUT2D eigenvalue weighted by molar-refractivity contribution is 0.123. The zero-order chi connectivity index (χ0) is 10.7. The molecule has 82 valence electrons. The van der Waals surface area contributed by atoms with E-state index in [9.17, 15) is 0 Å². The van der Waals surface area contributed by atoms with Gasteiger partial charge in [0, 0.05) is 0 Å². The molecule has 1 saturated carbocycles. The average molecular weight is 271 g/mol. The highest BCUT2D eigenvalue weighted by atomic mass is 79.9. The Bertz CT molecular complexity index is 315. The monoisotopic (exact) mass is 270 g/mol. The Kier molecular flexibility index (Phi) is 3.57. The second kappa shape index (κ2) is 4.92. The van der Waals surface area contributed by atoms with Crippen LogP contribution in [0.15, 0.2) is 17.0 Å². The van der Waals surface area contributed by atoms with Crippen molar-refractivity contribution in [2.24, 2.45) is 5.92 Å². The molecule has 0 aliphatic heterocycles. The molecule has 0 radical (unpaired) electrons. The van der Waals surface area contributed by atoms with E-state index in [1.54, 1.807) is 12.4 Å². The van der Waals surface area contributed by atoms with E-state index in [0.29, 0.717) is 12.0 Å². The largest absolute Gasteiger partial charge is 0.473 e. The lowest BCUT2D eigenvalue weighted by Crippen LogP contribution is -2.24. The first-order valence-electron chi connectivity index (χ1n) is 5.38. The molecule has 15 heavy (non-hydrogen) atoms. The first kappa shape index (κ1) is 10.9. The number of aromatic nitrogens is 2. The third-order valence-corrected chi connectivity index (χ3v) is 3.18. The molecule has 1 aromatic heterocycles. The highest BCUT2D eigenvalue weighted by molar-refractivity contribution is 9.10. The molecule has 2 unspecified atom stereocenters. The molecule has 0 aromatic carbocycles. The highest BCUT2D eigenvalue weighted by Crippen LogP contribution is 2.26. The van der Waals surface area contributed by atoms with Crippen LogP contribution < -0.4 is 4.74 Å². The summed E-state index contributed by atoms with van der Waals surface area (Å²) in [4.78, 5) is 8.26. The van der Waals surface area contributed by atoms with E-state index >= 15 is 0 Å². The summed E-state index contributed by atoms with van der Waals surface area (Å²) in [5, 5.41) is 0. The lowest BCUT2D eigenvalue weighted by atomic mass is 9.89. The Morgan fingerprint density at radius 1 is 1.33 bits per heavy atom. The van der Waals surface area contributed by atoms with Gasteiger partial charge in [0.25, 0.3) is 0 Å². The van der Waals surface area contributed by atoms with Gasteiger partial charge in [-0.3, -0.25) is 0 Å². The van der Waals surface area contributed by atoms with Gasteiger partial charge in [0.1, 0.15) is 10.7 Å². The van der Waals surface area contributed by atoms with Crippen molar-refractivity contribution in [1.82, 2.24) is 9.97 Å². The van der Waals surface area contributed by atoms with E-state index in [0.717, 1.165) is 23.4 Å². The normalized spacial score (nSPS) is 26.3. The van der Waals surface area contributed by atoms with E-state index in [-0.39, 0.29) is 0 Å². The molecular weight excluding hydrogens is 256 g/mol. The van der Waals surface area contributed by atoms with Gasteiger partial charge < -0.3 is 4.74 Å². The van der Waals surface area contributed by atoms with Crippen molar-refractivity contribution < 1.29 is 4.74 Å². The molecule has 4 heteroatoms. The molecule has 1 fully saturated rings. The summed E-state index contributed by atoms with van der Waals surface area (Å²) >= 11 is 3.25. The Balaban J connectivity index is 1.93. The molecule has 0 saturated heterocycles. The number of rotatable bonds is 2. The maximum absolute atomic E-state index is 5.79. The maximum atomic E-state index is 5.79. The molecule has 0 N–H and O–H groups in total. The first-order chi connectivity index (χ1) is 7.24. The Morgan fingerprint density at radius 3 is 2.87 bits per heavy atom. The van der Waals surface area contributed by atoms with Crippen LogP contribution in [0, 0.1) is 5.92 Å². The predicted molar refractivity (Wildman–Crippen MR) is 61.8 cm³/mol. The fraction of sp³-hybridized carbons (Fsp3) is 0.636. The molecule has 2 rings (SSSR count). The molecule has 0 spiro atoms. The third-order valence-electron chi connectivity index (χ3n) is 2.77. The molecule has 1 aromatic rings. The van der Waals surface area contributed by atoms with Crippen LogP contribution >= 0.6 is 15.9 Å². The summed E-state index contributed by atoms with van der Waals surface area (Å²) in [6, 6.07) is 0. The lowest BCUT2D eigenvalue weighted by Gasteiger charge is -2.26. The minimum Gasteiger partial charge on any atom is -0.473 e. The zero-order valence-electron chi connectivity index (χ0n) is 8.82. The van der Waals surface area contributed by atoms with E-state index < -0.39 is 0 Å². The summed E-state index contributed by atoms with van der Waals surface area (Å²) in [6.07, 6.45) is 8.52. The van der Waals surface area contributed by atoms with E-state index in [1.165, 1.54) is 12.8 Å². The zero-order valence-corrected chi connectivity index (χ0v) is 10.4. The fourth-order valence-electron chi connectivity index (χ4n) is 2.02. The van der Waals surface area contributed by atoms with Gasteiger partial charge in [0.05, 0.1) is 12.4 Å². The molecule has 1 heterocycles. The summed E-state index contributed by atoms with van der Waals surface area (Å²) in [5.41, 5.74) is 0. The van der Waals surface area contributed by atoms with Gasteiger partial charge in [0.2, 0.25) is 5.88 Å². The van der Waals surface area contributed by atoms with Gasteiger partial charge in [-0.1, -0.05) is 13.3 Å². The second-order valence-corrected chi connectivity index (χ2v) is 5.00. The van der Waals surface area contributed by atoms with Crippen LogP contribution in [0.5, 0.6) is 5.88 Å². The molecule has 1 aliphatic rings. The standard InChI is InChI=1S/C11H15BrN2O/c1-8-3-2-4-9(5-8)15-11-7-13-10(12)6-14-11/h6-9H,2-5H2,1H3. The SMILES string of the molecule is CC1CCCC(Oc2cnc(Br)cn2)C1. The van der Waals surface area contributed by atoms with Gasteiger partial charge in [-0.2, -0.15) is 0 Å². The van der Waals surface area contributed by atoms with Gasteiger partial charge in [-0.05, 0) is 41.1 Å². The van der Waals surface area contributed by atoms with Crippen LogP contribution in [0.25, 0.3) is 0 Å². The van der Waals surface area contributed by atoms with Crippen molar-refractivity contribution in [3.05, 3.63) is 17.0 Å². The van der Waals surface area contributed by atoms with Crippen LogP contribution in [0.3, 0.4) is 0 Å². The number of nitrogens with zero attached hydrogens (tertiary/aromatic N) is 2.